The van der Waals surface area contributed by atoms with E-state index in [1.165, 1.54) is 76.7 Å². The lowest BCUT2D eigenvalue weighted by atomic mass is 9.75. The normalized spacial score (nSPS) is 24.8. The smallest absolute Gasteiger partial charge is 0.248 e. The fraction of sp³-hybridized carbons (Fsp3) is 0.618. The van der Waals surface area contributed by atoms with Gasteiger partial charge in [-0.15, -0.1) is 0 Å². The number of primary amides is 1. The van der Waals surface area contributed by atoms with Crippen LogP contribution < -0.4 is 34.2 Å². The summed E-state index contributed by atoms with van der Waals surface area (Å²) in [6.07, 6.45) is -18.3. The number of aromatic hydroxyl groups is 2. The first-order valence-corrected chi connectivity index (χ1v) is 49.1. The molecular weight excluding hydrogens is 1900 g/mol. The zero-order valence-corrected chi connectivity index (χ0v) is 84.2. The molecule has 5 aromatic carbocycles. The minimum atomic E-state index is -1.81. The Hall–Kier alpha value is -9.83. The summed E-state index contributed by atoms with van der Waals surface area (Å²) in [6, 6.07) is 17.2. The average Bonchev–Trinajstić information content (AvgIpc) is 1.44. The molecule has 0 bridgehead atoms. The molecule has 13 rings (SSSR count). The molecule has 5 aliphatic heterocycles. The number of hydrogen-bond donors (Lipinski definition) is 15. The molecule has 15 atom stereocenters. The lowest BCUT2D eigenvalue weighted by Gasteiger charge is -2.41. The van der Waals surface area contributed by atoms with Crippen molar-refractivity contribution in [3.05, 3.63) is 139 Å². The van der Waals surface area contributed by atoms with Crippen molar-refractivity contribution in [1.82, 2.24) is 29.4 Å². The number of nitrogens with two attached hydrogens (primary N) is 1. The Morgan fingerprint density at radius 1 is 0.490 bits per heavy atom. The molecule has 145 heavy (non-hydrogen) atoms. The largest absolute Gasteiger partial charge is 0.508 e. The van der Waals surface area contributed by atoms with E-state index in [0.717, 1.165) is 62.4 Å². The van der Waals surface area contributed by atoms with Crippen LogP contribution in [0.2, 0.25) is 0 Å². The van der Waals surface area contributed by atoms with Gasteiger partial charge in [0, 0.05) is 129 Å². The third kappa shape index (κ3) is 29.2. The number of amides is 3. The van der Waals surface area contributed by atoms with Crippen LogP contribution in [0.25, 0.3) is 5.69 Å². The van der Waals surface area contributed by atoms with Crippen LogP contribution >= 0.6 is 0 Å². The topological polar surface area (TPSA) is 590 Å². The predicted molar refractivity (Wildman–Crippen MR) is 518 cm³/mol. The van der Waals surface area contributed by atoms with Crippen molar-refractivity contribution >= 4 is 35.1 Å². The lowest BCUT2D eigenvalue weighted by molar-refractivity contribution is -0.313. The van der Waals surface area contributed by atoms with Gasteiger partial charge in [-0.2, -0.15) is 5.10 Å². The predicted octanol–water partition coefficient (Wildman–Crippen LogP) is 0.848. The number of aryl methyl sites for hydroxylation is 1. The van der Waals surface area contributed by atoms with Gasteiger partial charge in [0.2, 0.25) is 30.3 Å². The molecule has 6 aromatic rings. The Bertz CT molecular complexity index is 5180. The molecule has 0 unspecified atom stereocenters. The molecule has 7 aliphatic rings. The van der Waals surface area contributed by atoms with Crippen molar-refractivity contribution in [3.8, 4) is 51.7 Å². The summed E-state index contributed by atoms with van der Waals surface area (Å²) in [7, 11) is 8.94. The number of rotatable bonds is 45. The van der Waals surface area contributed by atoms with E-state index in [0.29, 0.717) is 124 Å². The summed E-state index contributed by atoms with van der Waals surface area (Å²) in [4.78, 5) is 89.4. The van der Waals surface area contributed by atoms with E-state index in [2.05, 4.69) is 23.6 Å². The number of morpholine rings is 2. The number of nitrogens with zero attached hydrogens (tertiary/aromatic N) is 6. The number of Topliss-reactive ketones (excluding diaryl/α,β-unsaturated/α-hetero) is 1. The second kappa shape index (κ2) is 54.9. The maximum Gasteiger partial charge on any atom is 0.248 e. The minimum absolute atomic E-state index is 0.0365. The van der Waals surface area contributed by atoms with Crippen LogP contribution in [0, 0.1) is 18.3 Å². The van der Waals surface area contributed by atoms with Crippen LogP contribution in [-0.2, 0) is 95.5 Å². The number of phenolic OH excluding ortho intramolecular Hbond substituents is 2. The van der Waals surface area contributed by atoms with Gasteiger partial charge in [-0.1, -0.05) is 27.7 Å². The number of ketones is 3. The maximum atomic E-state index is 14.6. The third-order valence-electron chi connectivity index (χ3n) is 27.1. The van der Waals surface area contributed by atoms with Gasteiger partial charge in [-0.05, 0) is 152 Å². The molecule has 1 saturated carbocycles. The van der Waals surface area contributed by atoms with E-state index in [1.54, 1.807) is 44.2 Å². The second-order valence-electron chi connectivity index (χ2n) is 37.5. The Morgan fingerprint density at radius 2 is 0.924 bits per heavy atom. The molecule has 16 N–H and O–H groups in total. The maximum absolute atomic E-state index is 14.6. The van der Waals surface area contributed by atoms with E-state index in [-0.39, 0.29) is 170 Å². The quantitative estimate of drug-likeness (QED) is 0.0236. The van der Waals surface area contributed by atoms with Crippen LogP contribution in [0.4, 0.5) is 0 Å². The van der Waals surface area contributed by atoms with E-state index >= 15 is 0 Å². The summed E-state index contributed by atoms with van der Waals surface area (Å²) in [5.41, 5.74) is 11.0. The van der Waals surface area contributed by atoms with Gasteiger partial charge in [-0.25, -0.2) is 4.68 Å². The van der Waals surface area contributed by atoms with Crippen LogP contribution in [0.15, 0.2) is 66.7 Å². The summed E-state index contributed by atoms with van der Waals surface area (Å²) in [5.74, 6) is -1.82. The molecule has 6 heterocycles. The first-order chi connectivity index (χ1) is 69.5. The number of hydrogen-bond acceptors (Lipinski definition) is 39. The highest BCUT2D eigenvalue weighted by molar-refractivity contribution is 6.14. The number of aliphatic hydroxyl groups is 12. The number of fused-ring (bicyclic) bond motifs is 1. The van der Waals surface area contributed by atoms with Crippen molar-refractivity contribution in [2.75, 3.05) is 194 Å². The lowest BCUT2D eigenvalue weighted by Crippen LogP contribution is -2.60. The van der Waals surface area contributed by atoms with E-state index in [4.69, 9.17) is 86.6 Å². The Kier molecular flexibility index (Phi) is 43.7. The number of carbonyl (C=O) groups is 6. The highest BCUT2D eigenvalue weighted by Gasteiger charge is 2.49. The van der Waals surface area contributed by atoms with E-state index < -0.39 is 135 Å². The third-order valence-corrected chi connectivity index (χ3v) is 27.1. The van der Waals surface area contributed by atoms with Gasteiger partial charge in [0.1, 0.15) is 109 Å². The van der Waals surface area contributed by atoms with E-state index in [9.17, 15) is 100 Å². The zero-order chi connectivity index (χ0) is 105. The summed E-state index contributed by atoms with van der Waals surface area (Å²) >= 11 is 0. The van der Waals surface area contributed by atoms with Crippen molar-refractivity contribution in [2.45, 2.75) is 203 Å². The van der Waals surface area contributed by atoms with Gasteiger partial charge in [0.05, 0.1) is 140 Å². The molecule has 43 nitrogen and oxygen atoms in total. The average molecular weight is 2050 g/mol. The molecular formula is C102H145N7O36. The highest BCUT2D eigenvalue weighted by atomic mass is 16.7. The highest BCUT2D eigenvalue weighted by Crippen LogP contribution is 2.44. The molecule has 5 saturated heterocycles. The van der Waals surface area contributed by atoms with Gasteiger partial charge in [0.15, 0.2) is 46.6 Å². The number of ether oxygens (including phenoxy) is 16. The SMILES string of the molecule is CCc1c(O)cc(O[C@@H]2O[C@H](CO)[C@H](O)[C@H](O)[C@H]2O)c(C(=O)c2ccc(OCCN3CCOCC3)c(OC)c2)c1CC(=O)N(CCOC)CCOC.CCc1c(O[C@@H]2O[C@H](CO)[C@H](O)[C@H](O)[C@H]2O)cc(O)c(C(=O)c2ccc(OCCN3CCOCC3)c(OC)c2)c1CC(=O)N(CCOC)CCOC.Cc1nn(-c2ccc(C(N)=O)c(CC3CCC(O[C@@H]4O[C@H](CO)[C@H](O)[C@H](O)[C@H]4O)CC3)c2)c2c1C(=O)CC(C)(C)C2. The molecule has 804 valence electrons. The zero-order valence-electron chi connectivity index (χ0n) is 84.2. The first kappa shape index (κ1) is 115. The molecule has 3 amide bonds. The van der Waals surface area contributed by atoms with Gasteiger partial charge in [0.25, 0.3) is 0 Å². The number of phenols is 2. The Balaban J connectivity index is 0.000000209. The van der Waals surface area contributed by atoms with E-state index in [1.807, 2.05) is 23.7 Å². The van der Waals surface area contributed by atoms with Crippen LogP contribution in [0.3, 0.4) is 0 Å². The minimum Gasteiger partial charge on any atom is -0.508 e. The Morgan fingerprint density at radius 3 is 1.37 bits per heavy atom. The summed E-state index contributed by atoms with van der Waals surface area (Å²) < 4.78 is 91.1. The van der Waals surface area contributed by atoms with Crippen molar-refractivity contribution in [3.63, 3.8) is 0 Å². The van der Waals surface area contributed by atoms with Gasteiger partial charge < -0.3 is 163 Å². The van der Waals surface area contributed by atoms with Crippen molar-refractivity contribution in [1.29, 1.82) is 0 Å². The van der Waals surface area contributed by atoms with Gasteiger partial charge in [-0.3, -0.25) is 38.6 Å². The fourth-order valence-corrected chi connectivity index (χ4v) is 19.0. The molecule has 6 fully saturated rings. The molecule has 0 spiro atoms. The monoisotopic (exact) mass is 2040 g/mol. The fourth-order valence-electron chi connectivity index (χ4n) is 19.0. The van der Waals surface area contributed by atoms with Gasteiger partial charge >= 0.3 is 0 Å². The van der Waals surface area contributed by atoms with Crippen molar-refractivity contribution < 1.29 is 176 Å². The standard InChI is InChI=1S/2C36H52N2O14.C30H41N3O8/c1-5-23-24(19-30(41)38(11-13-46-2)12-14-47-3)31(25(40)20-27(23)51-36-35(45)34(44)33(43)29(21-39)52-36)32(42)22-6-7-26(28(18-22)48-4)50-17-10-37-8-15-49-16-9-37;1-5-23-24(19-30(41)38(11-13-46-2)12-14-47-3)31(28(20-25(23)40)51-36-35(45)34(44)33(43)29(21-39)52-36)32(42)22-6-7-26(27(18-22)48-4)50-17-10-37-8-15-49-16-9-37;1-15-24-21(12-30(2,3)13-22(24)35)33(32-15)18-6-9-20(28(31)39)17(11-18)10-16-4-7-19(8-5-16)40-29-27(38)26(37)25(36)23(14-34)41-29/h2*6-7,18,20,29,33-36,39-40,43-45H,5,8-17,19,21H2,1-4H3;6,9,11,16,19,23,25-27,29,34,36-38H,4-5,7-8,10,12-14H2,1-3H3,(H2,31,39)/t2*29-,33+,34+,35-,36-;16?,19?,23-,25+,26+,27-,29-/m111/s1. The number of methoxy groups -OCH3 is 6. The number of aliphatic hydroxyl groups excluding tert-OH is 12. The Labute approximate surface area is 842 Å². The molecule has 2 aliphatic carbocycles. The van der Waals surface area contributed by atoms with Crippen molar-refractivity contribution in [2.24, 2.45) is 17.1 Å². The summed E-state index contributed by atoms with van der Waals surface area (Å²) in [5, 5.41) is 149. The van der Waals surface area contributed by atoms with Crippen LogP contribution in [0.5, 0.6) is 46.0 Å². The summed E-state index contributed by atoms with van der Waals surface area (Å²) in [6.45, 7) is 17.5. The second-order valence-corrected chi connectivity index (χ2v) is 37.5. The number of benzene rings is 5. The molecule has 0 radical (unpaired) electrons. The molecule has 1 aromatic heterocycles. The van der Waals surface area contributed by atoms with Crippen LogP contribution in [-0.4, -0.2) is 428 Å². The number of carbonyl (C=O) groups excluding carboxylic acids is 6. The molecule has 43 heteroatoms. The first-order valence-electron chi connectivity index (χ1n) is 49.1. The number of aromatic nitrogens is 2. The van der Waals surface area contributed by atoms with Crippen LogP contribution in [0.1, 0.15) is 152 Å².